The Hall–Kier alpha value is -2.76. The van der Waals surface area contributed by atoms with Crippen LogP contribution in [0.1, 0.15) is 53.4 Å². The molecule has 1 fully saturated rings. The number of amides is 1. The Labute approximate surface area is 229 Å². The first-order chi connectivity index (χ1) is 17.5. The predicted molar refractivity (Wildman–Crippen MR) is 158 cm³/mol. The maximum atomic E-state index is 13.0. The van der Waals surface area contributed by atoms with Crippen LogP contribution in [0.4, 0.5) is 5.69 Å². The summed E-state index contributed by atoms with van der Waals surface area (Å²) in [4.78, 5) is 18.1. The highest BCUT2D eigenvalue weighted by molar-refractivity contribution is 5.97. The van der Waals surface area contributed by atoms with E-state index in [4.69, 9.17) is 0 Å². The van der Waals surface area contributed by atoms with Crippen LogP contribution in [0.2, 0.25) is 0 Å². The monoisotopic (exact) mass is 522 g/mol. The SMILES string of the molecule is CCCn1c(-c2ccccc2)cc(C(=O)NCCCCN2CCN(c3cccc(C)c3C)CC2)c1C.Cl. The second-order valence-corrected chi connectivity index (χ2v) is 10.1. The number of carbonyl (C=O) groups excluding carboxylic acids is 1. The molecular formula is C31H43ClN4O. The number of halogens is 1. The van der Waals surface area contributed by atoms with Crippen LogP contribution in [0.5, 0.6) is 0 Å². The molecule has 0 unspecified atom stereocenters. The van der Waals surface area contributed by atoms with Crippen molar-refractivity contribution in [2.24, 2.45) is 0 Å². The lowest BCUT2D eigenvalue weighted by Crippen LogP contribution is -2.47. The summed E-state index contributed by atoms with van der Waals surface area (Å²) in [6, 6.07) is 19.0. The summed E-state index contributed by atoms with van der Waals surface area (Å²) in [6.45, 7) is 15.8. The van der Waals surface area contributed by atoms with Gasteiger partial charge in [-0.3, -0.25) is 9.69 Å². The number of piperazine rings is 1. The number of carbonyl (C=O) groups is 1. The van der Waals surface area contributed by atoms with E-state index < -0.39 is 0 Å². The number of unbranched alkanes of at least 4 members (excludes halogenated alkanes) is 1. The summed E-state index contributed by atoms with van der Waals surface area (Å²) in [5, 5.41) is 3.17. The van der Waals surface area contributed by atoms with E-state index in [0.29, 0.717) is 0 Å². The molecule has 4 rings (SSSR count). The van der Waals surface area contributed by atoms with E-state index in [-0.39, 0.29) is 18.3 Å². The first-order valence-corrected chi connectivity index (χ1v) is 13.6. The Kier molecular flexibility index (Phi) is 10.7. The molecule has 0 atom stereocenters. The summed E-state index contributed by atoms with van der Waals surface area (Å²) >= 11 is 0. The molecule has 1 aliphatic rings. The van der Waals surface area contributed by atoms with Gasteiger partial charge in [0.15, 0.2) is 0 Å². The average Bonchev–Trinajstić information content (AvgIpc) is 3.22. The second kappa shape index (κ2) is 13.7. The third kappa shape index (κ3) is 6.97. The Morgan fingerprint density at radius 2 is 1.62 bits per heavy atom. The molecule has 1 saturated heterocycles. The molecule has 2 aromatic carbocycles. The molecule has 0 bridgehead atoms. The van der Waals surface area contributed by atoms with Gasteiger partial charge in [-0.25, -0.2) is 0 Å². The lowest BCUT2D eigenvalue weighted by atomic mass is 10.1. The Balaban J connectivity index is 0.00000380. The van der Waals surface area contributed by atoms with E-state index in [2.05, 4.69) is 95.9 Å². The number of hydrogen-bond donors (Lipinski definition) is 1. The highest BCUT2D eigenvalue weighted by Crippen LogP contribution is 2.27. The molecule has 0 radical (unpaired) electrons. The van der Waals surface area contributed by atoms with Crippen LogP contribution in [-0.2, 0) is 6.54 Å². The van der Waals surface area contributed by atoms with Gasteiger partial charge in [-0.1, -0.05) is 49.4 Å². The zero-order chi connectivity index (χ0) is 25.5. The van der Waals surface area contributed by atoms with Crippen molar-refractivity contribution in [1.29, 1.82) is 0 Å². The smallest absolute Gasteiger partial charge is 0.253 e. The quantitative estimate of drug-likeness (QED) is 0.320. The summed E-state index contributed by atoms with van der Waals surface area (Å²) in [7, 11) is 0. The van der Waals surface area contributed by atoms with Gasteiger partial charge in [0.25, 0.3) is 5.91 Å². The van der Waals surface area contributed by atoms with Crippen molar-refractivity contribution in [2.45, 2.75) is 53.5 Å². The van der Waals surface area contributed by atoms with Crippen LogP contribution in [0.3, 0.4) is 0 Å². The number of nitrogens with one attached hydrogen (secondary N) is 1. The minimum absolute atomic E-state index is 0. The maximum absolute atomic E-state index is 13.0. The molecule has 1 aliphatic heterocycles. The molecule has 1 N–H and O–H groups in total. The van der Waals surface area contributed by atoms with Crippen molar-refractivity contribution < 1.29 is 4.79 Å². The number of benzene rings is 2. The van der Waals surface area contributed by atoms with Crippen LogP contribution < -0.4 is 10.2 Å². The van der Waals surface area contributed by atoms with Gasteiger partial charge in [0.2, 0.25) is 0 Å². The number of aryl methyl sites for hydroxylation is 1. The van der Waals surface area contributed by atoms with Gasteiger partial charge in [0.1, 0.15) is 0 Å². The first kappa shape index (κ1) is 28.8. The molecule has 3 aromatic rings. The summed E-state index contributed by atoms with van der Waals surface area (Å²) in [6.07, 6.45) is 3.15. The van der Waals surface area contributed by atoms with Crippen LogP contribution in [0.15, 0.2) is 54.6 Å². The highest BCUT2D eigenvalue weighted by atomic mass is 35.5. The van der Waals surface area contributed by atoms with E-state index in [9.17, 15) is 4.79 Å². The fourth-order valence-electron chi connectivity index (χ4n) is 5.28. The van der Waals surface area contributed by atoms with E-state index in [1.165, 1.54) is 16.8 Å². The van der Waals surface area contributed by atoms with E-state index in [0.717, 1.165) is 87.6 Å². The molecule has 200 valence electrons. The average molecular weight is 523 g/mol. The minimum atomic E-state index is 0. The van der Waals surface area contributed by atoms with Crippen molar-refractivity contribution in [1.82, 2.24) is 14.8 Å². The molecular weight excluding hydrogens is 480 g/mol. The number of nitrogens with zero attached hydrogens (tertiary/aromatic N) is 3. The number of rotatable bonds is 10. The fourth-order valence-corrected chi connectivity index (χ4v) is 5.28. The normalized spacial score (nSPS) is 13.9. The number of anilines is 1. The van der Waals surface area contributed by atoms with Crippen molar-refractivity contribution in [3.8, 4) is 11.3 Å². The number of aromatic nitrogens is 1. The summed E-state index contributed by atoms with van der Waals surface area (Å²) in [5.74, 6) is 0.0432. The molecule has 1 aromatic heterocycles. The molecule has 0 spiro atoms. The van der Waals surface area contributed by atoms with Gasteiger partial charge in [-0.15, -0.1) is 12.4 Å². The zero-order valence-corrected chi connectivity index (χ0v) is 23.7. The van der Waals surface area contributed by atoms with Gasteiger partial charge in [0.05, 0.1) is 5.56 Å². The van der Waals surface area contributed by atoms with Crippen LogP contribution >= 0.6 is 12.4 Å². The Bertz CT molecular complexity index is 1150. The largest absolute Gasteiger partial charge is 0.369 e. The summed E-state index contributed by atoms with van der Waals surface area (Å²) < 4.78 is 2.28. The van der Waals surface area contributed by atoms with Crippen molar-refractivity contribution >= 4 is 24.0 Å². The third-order valence-corrected chi connectivity index (χ3v) is 7.60. The second-order valence-electron chi connectivity index (χ2n) is 10.1. The molecule has 5 nitrogen and oxygen atoms in total. The van der Waals surface area contributed by atoms with Crippen molar-refractivity contribution in [3.05, 3.63) is 77.0 Å². The Morgan fingerprint density at radius 1 is 0.892 bits per heavy atom. The molecule has 0 aliphatic carbocycles. The maximum Gasteiger partial charge on any atom is 0.253 e. The fraction of sp³-hybridized carbons (Fsp3) is 0.452. The van der Waals surface area contributed by atoms with Gasteiger partial charge in [0, 0.05) is 56.3 Å². The molecule has 2 heterocycles. The summed E-state index contributed by atoms with van der Waals surface area (Å²) in [5.41, 5.74) is 8.28. The molecule has 6 heteroatoms. The van der Waals surface area contributed by atoms with Crippen molar-refractivity contribution in [2.75, 3.05) is 44.2 Å². The van der Waals surface area contributed by atoms with Crippen LogP contribution in [0.25, 0.3) is 11.3 Å². The van der Waals surface area contributed by atoms with Gasteiger partial charge >= 0.3 is 0 Å². The predicted octanol–water partition coefficient (Wildman–Crippen LogP) is 6.24. The van der Waals surface area contributed by atoms with Gasteiger partial charge in [-0.2, -0.15) is 0 Å². The molecule has 1 amide bonds. The van der Waals surface area contributed by atoms with Crippen LogP contribution in [0, 0.1) is 20.8 Å². The third-order valence-electron chi connectivity index (χ3n) is 7.60. The van der Waals surface area contributed by atoms with E-state index in [1.54, 1.807) is 0 Å². The van der Waals surface area contributed by atoms with E-state index in [1.807, 2.05) is 6.07 Å². The Morgan fingerprint density at radius 3 is 2.32 bits per heavy atom. The standard InChI is InChI=1S/C31H42N4O.ClH/c1-5-17-35-26(4)28(23-30(35)27-13-7-6-8-14-27)31(36)32-16-9-10-18-33-19-21-34(22-20-33)29-15-11-12-24(2)25(29)3;/h6-8,11-15,23H,5,9-10,16-22H2,1-4H3,(H,32,36);1H. The highest BCUT2D eigenvalue weighted by Gasteiger charge is 2.19. The van der Waals surface area contributed by atoms with Crippen LogP contribution in [-0.4, -0.2) is 54.6 Å². The molecule has 0 saturated carbocycles. The van der Waals surface area contributed by atoms with Crippen molar-refractivity contribution in [3.63, 3.8) is 0 Å². The zero-order valence-electron chi connectivity index (χ0n) is 22.9. The van der Waals surface area contributed by atoms with E-state index >= 15 is 0 Å². The minimum Gasteiger partial charge on any atom is -0.369 e. The lowest BCUT2D eigenvalue weighted by Gasteiger charge is -2.37. The van der Waals surface area contributed by atoms with Gasteiger partial charge < -0.3 is 14.8 Å². The molecule has 37 heavy (non-hydrogen) atoms. The van der Waals surface area contributed by atoms with Gasteiger partial charge in [-0.05, 0) is 75.4 Å². The first-order valence-electron chi connectivity index (χ1n) is 13.6. The topological polar surface area (TPSA) is 40.5 Å². The number of hydrogen-bond acceptors (Lipinski definition) is 3. The lowest BCUT2D eigenvalue weighted by molar-refractivity contribution is 0.0951.